The summed E-state index contributed by atoms with van der Waals surface area (Å²) in [6.07, 6.45) is -0.737. The number of ketones is 1. The summed E-state index contributed by atoms with van der Waals surface area (Å²) in [5, 5.41) is 13.6. The average Bonchev–Trinajstić information content (AvgIpc) is 2.86. The molecule has 0 fully saturated rings. The van der Waals surface area contributed by atoms with E-state index in [0.29, 0.717) is 5.02 Å². The van der Waals surface area contributed by atoms with Crippen LogP contribution in [0.25, 0.3) is 21.9 Å². The van der Waals surface area contributed by atoms with Gasteiger partial charge in [0.05, 0.1) is 5.60 Å². The summed E-state index contributed by atoms with van der Waals surface area (Å²) in [6, 6.07) is 25.1. The lowest BCUT2D eigenvalue weighted by atomic mass is 9.85. The molecule has 4 heteroatoms. The van der Waals surface area contributed by atoms with Crippen molar-refractivity contribution in [3.63, 3.8) is 0 Å². The molecule has 0 unspecified atom stereocenters. The monoisotopic (exact) mass is 524 g/mol. The molecule has 0 radical (unpaired) electrons. The van der Waals surface area contributed by atoms with E-state index in [1.807, 2.05) is 100 Å². The van der Waals surface area contributed by atoms with Gasteiger partial charge in [0.2, 0.25) is 0 Å². The standard InChI is InChI=1S/C34H33ClO3/c1-22-20-26-13-12-24(18-19-34(6,37)27-10-8-7-9-11-27)21-29(26)31(25-14-16-28(35)17-15-25)30(22)32(23(2)36)38-33(3,4)5/h7-17,20-21,32,37H,1-6H3/t32-,34-/m1/s1. The summed E-state index contributed by atoms with van der Waals surface area (Å²) >= 11 is 6.23. The second-order valence-corrected chi connectivity index (χ2v) is 11.3. The van der Waals surface area contributed by atoms with E-state index in [9.17, 15) is 9.90 Å². The molecule has 1 N–H and O–H groups in total. The first kappa shape index (κ1) is 27.6. The molecule has 0 saturated heterocycles. The van der Waals surface area contributed by atoms with Crippen LogP contribution in [0.5, 0.6) is 0 Å². The smallest absolute Gasteiger partial charge is 0.163 e. The molecule has 0 aliphatic rings. The summed E-state index contributed by atoms with van der Waals surface area (Å²) in [7, 11) is 0. The molecule has 0 aliphatic heterocycles. The van der Waals surface area contributed by atoms with Crippen LogP contribution in [0.3, 0.4) is 0 Å². The minimum atomic E-state index is -1.30. The van der Waals surface area contributed by atoms with Crippen molar-refractivity contribution in [2.75, 3.05) is 0 Å². The third-order valence-electron chi connectivity index (χ3n) is 6.41. The van der Waals surface area contributed by atoms with E-state index in [1.165, 1.54) is 0 Å². The van der Waals surface area contributed by atoms with E-state index < -0.39 is 17.3 Å². The van der Waals surface area contributed by atoms with Gasteiger partial charge in [-0.15, -0.1) is 0 Å². The van der Waals surface area contributed by atoms with Crippen LogP contribution < -0.4 is 0 Å². The Hall–Kier alpha value is -3.42. The van der Waals surface area contributed by atoms with E-state index in [2.05, 4.69) is 17.9 Å². The molecule has 4 rings (SSSR count). The Morgan fingerprint density at radius 1 is 0.947 bits per heavy atom. The SMILES string of the molecule is CC(=O)[C@@H](OC(C)(C)C)c1c(C)cc2ccc(C#C[C@@](C)(O)c3ccccc3)cc2c1-c1ccc(Cl)cc1. The second-order valence-electron chi connectivity index (χ2n) is 10.8. The van der Waals surface area contributed by atoms with Gasteiger partial charge in [-0.1, -0.05) is 78.0 Å². The minimum absolute atomic E-state index is 0.0626. The van der Waals surface area contributed by atoms with Gasteiger partial charge in [-0.2, -0.15) is 0 Å². The van der Waals surface area contributed by atoms with Crippen molar-refractivity contribution in [3.05, 3.63) is 106 Å². The largest absolute Gasteiger partial charge is 0.374 e. The fourth-order valence-corrected chi connectivity index (χ4v) is 4.75. The number of hydrogen-bond acceptors (Lipinski definition) is 3. The number of ether oxygens (including phenoxy) is 1. The van der Waals surface area contributed by atoms with Gasteiger partial charge in [-0.3, -0.25) is 4.79 Å². The van der Waals surface area contributed by atoms with E-state index in [4.69, 9.17) is 16.3 Å². The van der Waals surface area contributed by atoms with Gasteiger partial charge in [0.15, 0.2) is 5.78 Å². The summed E-state index contributed by atoms with van der Waals surface area (Å²) < 4.78 is 6.34. The Balaban J connectivity index is 1.96. The molecule has 4 aromatic rings. The molecule has 0 aromatic heterocycles. The molecular formula is C34H33ClO3. The first-order valence-corrected chi connectivity index (χ1v) is 13.1. The van der Waals surface area contributed by atoms with Crippen LogP contribution in [-0.2, 0) is 15.1 Å². The maximum absolute atomic E-state index is 13.0. The first-order valence-electron chi connectivity index (χ1n) is 12.7. The number of aliphatic hydroxyl groups is 1. The van der Waals surface area contributed by atoms with Crippen molar-refractivity contribution in [2.45, 2.75) is 58.8 Å². The number of carbonyl (C=O) groups excluding carboxylic acids is 1. The van der Waals surface area contributed by atoms with Gasteiger partial charge < -0.3 is 9.84 Å². The van der Waals surface area contributed by atoms with Crippen LogP contribution in [0.4, 0.5) is 0 Å². The highest BCUT2D eigenvalue weighted by atomic mass is 35.5. The van der Waals surface area contributed by atoms with E-state index in [0.717, 1.165) is 44.2 Å². The van der Waals surface area contributed by atoms with Crippen LogP contribution in [-0.4, -0.2) is 16.5 Å². The lowest BCUT2D eigenvalue weighted by molar-refractivity contribution is -0.138. The Bertz CT molecular complexity index is 1530. The van der Waals surface area contributed by atoms with Gasteiger partial charge in [-0.25, -0.2) is 0 Å². The van der Waals surface area contributed by atoms with Crippen molar-refractivity contribution in [3.8, 4) is 23.0 Å². The molecule has 38 heavy (non-hydrogen) atoms. The zero-order chi connectivity index (χ0) is 27.7. The van der Waals surface area contributed by atoms with Crippen LogP contribution >= 0.6 is 11.6 Å². The quantitative estimate of drug-likeness (QED) is 0.268. The number of hydrogen-bond donors (Lipinski definition) is 1. The predicted molar refractivity (Wildman–Crippen MR) is 156 cm³/mol. The zero-order valence-corrected chi connectivity index (χ0v) is 23.5. The molecule has 3 nitrogen and oxygen atoms in total. The van der Waals surface area contributed by atoms with Gasteiger partial charge in [0.25, 0.3) is 0 Å². The molecule has 0 amide bonds. The third kappa shape index (κ3) is 6.17. The molecule has 0 bridgehead atoms. The molecule has 0 saturated carbocycles. The number of rotatable bonds is 5. The van der Waals surface area contributed by atoms with Crippen LogP contribution in [0.2, 0.25) is 5.02 Å². The van der Waals surface area contributed by atoms with Gasteiger partial charge in [0, 0.05) is 10.6 Å². The van der Waals surface area contributed by atoms with Crippen molar-refractivity contribution >= 4 is 28.2 Å². The minimum Gasteiger partial charge on any atom is -0.374 e. The highest BCUT2D eigenvalue weighted by molar-refractivity contribution is 6.30. The number of halogens is 1. The lowest BCUT2D eigenvalue weighted by Crippen LogP contribution is -2.27. The molecule has 194 valence electrons. The number of carbonyl (C=O) groups is 1. The summed E-state index contributed by atoms with van der Waals surface area (Å²) in [6.45, 7) is 11.1. The van der Waals surface area contributed by atoms with Gasteiger partial charge >= 0.3 is 0 Å². The Kier molecular flexibility index (Phi) is 7.81. The maximum Gasteiger partial charge on any atom is 0.163 e. The normalized spacial score (nSPS) is 13.9. The molecule has 4 aromatic carbocycles. The van der Waals surface area contributed by atoms with Gasteiger partial charge in [-0.05, 0) is 104 Å². The predicted octanol–water partition coefficient (Wildman–Crippen LogP) is 8.17. The molecule has 0 spiro atoms. The molecule has 0 aliphatic carbocycles. The summed E-state index contributed by atoms with van der Waals surface area (Å²) in [5.41, 5.74) is 3.33. The topological polar surface area (TPSA) is 46.5 Å². The van der Waals surface area contributed by atoms with Crippen LogP contribution in [0.1, 0.15) is 63.0 Å². The lowest BCUT2D eigenvalue weighted by Gasteiger charge is -2.29. The fourth-order valence-electron chi connectivity index (χ4n) is 4.62. The summed E-state index contributed by atoms with van der Waals surface area (Å²) in [5.74, 6) is 6.14. The van der Waals surface area contributed by atoms with Crippen molar-refractivity contribution in [1.29, 1.82) is 0 Å². The molecule has 0 heterocycles. The summed E-state index contributed by atoms with van der Waals surface area (Å²) in [4.78, 5) is 13.0. The fraction of sp³-hybridized carbons (Fsp3) is 0.265. The third-order valence-corrected chi connectivity index (χ3v) is 6.66. The average molecular weight is 525 g/mol. The Morgan fingerprint density at radius 3 is 2.21 bits per heavy atom. The van der Waals surface area contributed by atoms with Gasteiger partial charge in [0.1, 0.15) is 11.7 Å². The zero-order valence-electron chi connectivity index (χ0n) is 22.7. The Morgan fingerprint density at radius 2 is 1.61 bits per heavy atom. The van der Waals surface area contributed by atoms with Crippen molar-refractivity contribution < 1.29 is 14.6 Å². The first-order chi connectivity index (χ1) is 17.9. The van der Waals surface area contributed by atoms with Crippen LogP contribution in [0, 0.1) is 18.8 Å². The van der Waals surface area contributed by atoms with Crippen molar-refractivity contribution in [1.82, 2.24) is 0 Å². The number of fused-ring (bicyclic) bond motifs is 1. The number of benzene rings is 4. The van der Waals surface area contributed by atoms with E-state index in [-0.39, 0.29) is 5.78 Å². The van der Waals surface area contributed by atoms with Crippen molar-refractivity contribution in [2.24, 2.45) is 0 Å². The highest BCUT2D eigenvalue weighted by Gasteiger charge is 2.29. The second kappa shape index (κ2) is 10.8. The van der Waals surface area contributed by atoms with E-state index in [1.54, 1.807) is 13.8 Å². The number of Topliss-reactive ketones (excluding diaryl/α,β-unsaturated/α-hetero) is 1. The highest BCUT2D eigenvalue weighted by Crippen LogP contribution is 2.41. The maximum atomic E-state index is 13.0. The Labute approximate surface area is 230 Å². The molecule has 2 atom stereocenters. The molecular weight excluding hydrogens is 492 g/mol. The number of aryl methyl sites for hydroxylation is 1. The van der Waals surface area contributed by atoms with E-state index >= 15 is 0 Å². The van der Waals surface area contributed by atoms with Crippen LogP contribution in [0.15, 0.2) is 78.9 Å².